The minimum absolute atomic E-state index is 0.455. The van der Waals surface area contributed by atoms with E-state index in [9.17, 15) is 0 Å². The molecule has 8 rings (SSSR count). The minimum atomic E-state index is 0.455. The van der Waals surface area contributed by atoms with Crippen molar-refractivity contribution in [2.75, 3.05) is 65.4 Å². The number of para-hydroxylation sites is 8. The molecule has 0 radical (unpaired) electrons. The van der Waals surface area contributed by atoms with E-state index >= 15 is 0 Å². The molecule has 0 aromatic heterocycles. The molecule has 4 aromatic carbocycles. The third kappa shape index (κ3) is 11.5. The molecule has 0 unspecified atom stereocenters. The predicted molar refractivity (Wildman–Crippen MR) is 259 cm³/mol. The summed E-state index contributed by atoms with van der Waals surface area (Å²) in [6.07, 6.45) is 0. The quantitative estimate of drug-likeness (QED) is 0.114. The molecule has 0 bridgehead atoms. The molecule has 0 atom stereocenters. The third-order valence-corrected chi connectivity index (χ3v) is 10.3. The molecule has 4 aromatic rings. The van der Waals surface area contributed by atoms with E-state index < -0.39 is 0 Å². The van der Waals surface area contributed by atoms with Gasteiger partial charge in [0, 0.05) is 71.7 Å². The van der Waals surface area contributed by atoms with Crippen LogP contribution in [0.5, 0.6) is 0 Å². The molecule has 4 aliphatic heterocycles. The average Bonchev–Trinajstić information content (AvgIpc) is 3.98. The van der Waals surface area contributed by atoms with Crippen molar-refractivity contribution >= 4 is 99.2 Å². The predicted octanol–water partition coefficient (Wildman–Crippen LogP) is 12.8. The first-order chi connectivity index (χ1) is 27.9. The van der Waals surface area contributed by atoms with Crippen LogP contribution in [0.1, 0.15) is 55.4 Å². The molecule has 4 aliphatic rings. The van der Waals surface area contributed by atoms with Gasteiger partial charge in [0.25, 0.3) is 0 Å². The van der Waals surface area contributed by atoms with Gasteiger partial charge in [-0.05, 0) is 128 Å². The van der Waals surface area contributed by atoms with Crippen LogP contribution >= 0.6 is 53.7 Å². The summed E-state index contributed by atoms with van der Waals surface area (Å²) in [5.41, 5.74) is 10.4. The second kappa shape index (κ2) is 23.1. The van der Waals surface area contributed by atoms with E-state index in [1.54, 1.807) is 0 Å². The number of benzene rings is 4. The molecule has 0 aliphatic carbocycles. The number of hydrogen-bond donors (Lipinski definition) is 0. The Morgan fingerprint density at radius 1 is 0.345 bits per heavy atom. The molecular weight excluding hydrogens is 1170 g/mol. The van der Waals surface area contributed by atoms with Crippen LogP contribution in [0.4, 0.5) is 45.5 Å². The van der Waals surface area contributed by atoms with Gasteiger partial charge in [-0.15, -0.1) is 0 Å². The normalized spacial score (nSPS) is 15.2. The Morgan fingerprint density at radius 2 is 0.500 bits per heavy atom. The average molecular weight is 1230 g/mol. The molecule has 0 saturated heterocycles. The molecule has 0 amide bonds. The standard InChI is InChI=1S/2C22H28N4.4BrH.2Pd/c2*1-17(2)25-15-23(19-9-5-7-11-21(19)25)13-14-24-16-26(18(3)4)22-12-8-6-10-20(22)24;;;;;;/h2*5-12,15-18H,13-14H2,1-4H3;4*1H;;/q2*-2;;;;;2*+2/p-4. The van der Waals surface area contributed by atoms with Crippen LogP contribution in [0.2, 0.25) is 0 Å². The molecule has 324 valence electrons. The van der Waals surface area contributed by atoms with Gasteiger partial charge in [0.15, 0.2) is 0 Å². The van der Waals surface area contributed by atoms with Crippen molar-refractivity contribution in [2.45, 2.75) is 79.6 Å². The van der Waals surface area contributed by atoms with Gasteiger partial charge in [-0.1, -0.05) is 48.5 Å². The number of hydrogen-bond acceptors (Lipinski definition) is 8. The molecule has 58 heavy (non-hydrogen) atoms. The fourth-order valence-corrected chi connectivity index (χ4v) is 7.59. The Kier molecular flexibility index (Phi) is 19.0. The molecule has 0 spiro atoms. The molecular formula is C44H56Br4N8Pd2-4. The molecule has 0 saturated carbocycles. The molecule has 14 heteroatoms. The van der Waals surface area contributed by atoms with Gasteiger partial charge in [0.1, 0.15) is 0 Å². The zero-order chi connectivity index (χ0) is 41.9. The second-order valence-electron chi connectivity index (χ2n) is 15.3. The summed E-state index contributed by atoms with van der Waals surface area (Å²) >= 11 is 13.6. The first-order valence-electron chi connectivity index (χ1n) is 19.6. The Labute approximate surface area is 391 Å². The van der Waals surface area contributed by atoms with E-state index in [4.69, 9.17) is 0 Å². The number of rotatable bonds is 10. The van der Waals surface area contributed by atoms with Crippen molar-refractivity contribution in [3.63, 3.8) is 0 Å². The van der Waals surface area contributed by atoms with Crippen LogP contribution in [0.25, 0.3) is 0 Å². The molecule has 4 heterocycles. The zero-order valence-corrected chi connectivity index (χ0v) is 43.9. The Morgan fingerprint density at radius 3 is 0.655 bits per heavy atom. The fraction of sp³-hybridized carbons (Fsp3) is 0.364. The van der Waals surface area contributed by atoms with Gasteiger partial charge in [0.05, 0.1) is 0 Å². The maximum atomic E-state index is 3.11. The van der Waals surface area contributed by atoms with Crippen LogP contribution in [-0.2, 0) is 27.9 Å². The number of halogens is 4. The summed E-state index contributed by atoms with van der Waals surface area (Å²) in [5, 5.41) is 0. The third-order valence-electron chi connectivity index (χ3n) is 10.3. The van der Waals surface area contributed by atoms with Gasteiger partial charge < -0.3 is 39.2 Å². The number of fused-ring (bicyclic) bond motifs is 4. The van der Waals surface area contributed by atoms with Crippen LogP contribution in [0.15, 0.2) is 97.1 Å². The van der Waals surface area contributed by atoms with E-state index in [2.05, 4.69) is 272 Å². The number of nitrogens with zero attached hydrogens (tertiary/aromatic N) is 8. The van der Waals surface area contributed by atoms with Crippen molar-refractivity contribution in [2.24, 2.45) is 0 Å². The van der Waals surface area contributed by atoms with E-state index in [0.717, 1.165) is 26.2 Å². The molecule has 8 nitrogen and oxygen atoms in total. The number of anilines is 8. The van der Waals surface area contributed by atoms with E-state index in [1.807, 2.05) is 0 Å². The Balaban J connectivity index is 0.000000195. The summed E-state index contributed by atoms with van der Waals surface area (Å²) in [7, 11) is 0. The Bertz CT molecular complexity index is 1610. The first kappa shape index (κ1) is 47.6. The fourth-order valence-electron chi connectivity index (χ4n) is 7.59. The van der Waals surface area contributed by atoms with Crippen LogP contribution in [0, 0.1) is 26.7 Å². The first-order valence-corrected chi connectivity index (χ1v) is 33.8. The van der Waals surface area contributed by atoms with Gasteiger partial charge in [-0.3, -0.25) is 0 Å². The van der Waals surface area contributed by atoms with Gasteiger partial charge >= 0.3 is 81.6 Å². The maximum absolute atomic E-state index is 3.11. The monoisotopic (exact) mass is 1220 g/mol. The van der Waals surface area contributed by atoms with Crippen LogP contribution in [-0.4, -0.2) is 50.3 Å². The van der Waals surface area contributed by atoms with Crippen LogP contribution < -0.4 is 39.2 Å². The Hall–Kier alpha value is -1.48. The van der Waals surface area contributed by atoms with Gasteiger partial charge in [0.2, 0.25) is 0 Å². The second-order valence-corrected chi connectivity index (χ2v) is 29.6. The SMILES string of the molecule is CC(C)N1[CH-]N(CCN2[CH-]N(C(C)C)c3ccccc32)c2ccccc21.CC(C)N1[CH-]N(CCN2[CH-]N(C(C)C)c3ccccc32)c2ccccc21.[Br][Pd][Br].[Br][Pd][Br]. The van der Waals surface area contributed by atoms with Crippen molar-refractivity contribution < 1.29 is 27.9 Å². The summed E-state index contributed by atoms with van der Waals surface area (Å²) in [5.74, 6) is 0. The molecule has 0 fully saturated rings. The summed E-state index contributed by atoms with van der Waals surface area (Å²) in [6, 6.07) is 36.5. The molecule has 0 N–H and O–H groups in total. The van der Waals surface area contributed by atoms with Crippen molar-refractivity contribution in [3.05, 3.63) is 124 Å². The van der Waals surface area contributed by atoms with Crippen LogP contribution in [0.3, 0.4) is 0 Å². The van der Waals surface area contributed by atoms with Crippen molar-refractivity contribution in [1.82, 2.24) is 0 Å². The van der Waals surface area contributed by atoms with Gasteiger partial charge in [-0.2, -0.15) is 26.7 Å². The van der Waals surface area contributed by atoms with Crippen molar-refractivity contribution in [1.29, 1.82) is 0 Å². The topological polar surface area (TPSA) is 25.9 Å². The summed E-state index contributed by atoms with van der Waals surface area (Å²) in [6.45, 7) is 30.8. The van der Waals surface area contributed by atoms with Gasteiger partial charge in [-0.25, -0.2) is 0 Å². The summed E-state index contributed by atoms with van der Waals surface area (Å²) < 4.78 is 0. The van der Waals surface area contributed by atoms with E-state index in [0.29, 0.717) is 52.1 Å². The summed E-state index contributed by atoms with van der Waals surface area (Å²) in [4.78, 5) is 18.9. The van der Waals surface area contributed by atoms with E-state index in [-0.39, 0.29) is 0 Å². The van der Waals surface area contributed by atoms with E-state index in [1.165, 1.54) is 45.5 Å². The van der Waals surface area contributed by atoms with Crippen molar-refractivity contribution in [3.8, 4) is 0 Å². The zero-order valence-electron chi connectivity index (χ0n) is 34.4.